The number of carbonyl (C=O) groups is 6. The van der Waals surface area contributed by atoms with Gasteiger partial charge in [-0.15, -0.1) is 0 Å². The summed E-state index contributed by atoms with van der Waals surface area (Å²) in [6.45, 7) is 3.26. The fraction of sp³-hybridized carbons (Fsp3) is 0.340. The Kier molecular flexibility index (Phi) is 17.2. The molecule has 2 saturated heterocycles. The Bertz CT molecular complexity index is 2980. The number of ether oxygens (including phenoxy) is 1. The highest BCUT2D eigenvalue weighted by atomic mass is 35.5. The molecular formula is C53H55ClN12O7S2. The third-order valence-electron chi connectivity index (χ3n) is 13.4. The van der Waals surface area contributed by atoms with Crippen molar-refractivity contribution in [1.29, 1.82) is 0 Å². The van der Waals surface area contributed by atoms with E-state index < -0.39 is 23.9 Å². The van der Waals surface area contributed by atoms with Crippen LogP contribution in [0.25, 0.3) is 0 Å². The van der Waals surface area contributed by atoms with Crippen LogP contribution in [-0.2, 0) is 20.9 Å². The zero-order valence-electron chi connectivity index (χ0n) is 40.8. The molecule has 75 heavy (non-hydrogen) atoms. The van der Waals surface area contributed by atoms with E-state index in [1.54, 1.807) is 58.3 Å². The lowest BCUT2D eigenvalue weighted by Gasteiger charge is -2.39. The maximum Gasteiger partial charge on any atom is 0.410 e. The van der Waals surface area contributed by atoms with Crippen LogP contribution in [0.4, 0.5) is 38.4 Å². The third-order valence-corrected chi connectivity index (χ3v) is 15.9. The number of piperazine rings is 1. The van der Waals surface area contributed by atoms with Crippen LogP contribution in [-0.4, -0.2) is 129 Å². The van der Waals surface area contributed by atoms with Gasteiger partial charge in [0.05, 0.1) is 17.4 Å². The van der Waals surface area contributed by atoms with Gasteiger partial charge in [-0.05, 0) is 115 Å². The zero-order valence-corrected chi connectivity index (χ0v) is 43.2. The summed E-state index contributed by atoms with van der Waals surface area (Å²) in [7, 11) is 3.09. The Labute approximate surface area is 446 Å². The second kappa shape index (κ2) is 24.7. The van der Waals surface area contributed by atoms with Gasteiger partial charge in [0.1, 0.15) is 22.7 Å². The molecule has 1 unspecified atom stereocenters. The van der Waals surface area contributed by atoms with Crippen molar-refractivity contribution in [3.63, 3.8) is 0 Å². The Balaban J connectivity index is 0.743. The number of nitrogens with one attached hydrogen (secondary N) is 4. The van der Waals surface area contributed by atoms with Crippen molar-refractivity contribution in [2.75, 3.05) is 60.6 Å². The second-order valence-corrected chi connectivity index (χ2v) is 21.1. The molecule has 5 heterocycles. The number of hydrogen-bond donors (Lipinski definition) is 5. The number of nitrogens with two attached hydrogens (primary N) is 1. The van der Waals surface area contributed by atoms with Crippen LogP contribution >= 0.6 is 33.2 Å². The zero-order chi connectivity index (χ0) is 52.3. The van der Waals surface area contributed by atoms with E-state index >= 15 is 0 Å². The number of anilines is 5. The molecule has 19 nitrogen and oxygen atoms in total. The molecule has 1 aliphatic carbocycles. The summed E-state index contributed by atoms with van der Waals surface area (Å²) in [6.07, 6.45) is 6.45. The standard InChI is InChI=1S/C53H55ClN12O7S2/c54-42-32-57-51(62-48(42)60-43-9-2-1-8-41(43)47(55)68)58-36-12-16-38(17-13-36)63-25-27-64(28-26-63)52(71)59-37-14-18-39(19-15-37)65(53(72)73-29-30-74-75-46-10-3-5-23-56-46)24-6-4-7-34-11-20-40-35(31-34)33-66(50(40)70)44-21-22-45(67)61-49(44)69/h1-3,5,8-13,16-17,20,23,31-32,37,39,44H,6,14-15,18-19,21-22,24-30,33H2,(H2,55,68)(H,59,71)(H,61,67,69)(H2,57,58,60,62). The Hall–Kier alpha value is -7.54. The van der Waals surface area contributed by atoms with Crippen LogP contribution in [0.3, 0.4) is 0 Å². The molecular weight excluding hydrogens is 1020 g/mol. The van der Waals surface area contributed by atoms with Crippen LogP contribution < -0.4 is 31.9 Å². The Morgan fingerprint density at radius 3 is 2.45 bits per heavy atom. The molecule has 7 amide bonds. The largest absolute Gasteiger partial charge is 0.448 e. The summed E-state index contributed by atoms with van der Waals surface area (Å²) >= 11 is 6.38. The van der Waals surface area contributed by atoms with E-state index in [-0.39, 0.29) is 54.5 Å². The molecule has 22 heteroatoms. The number of carbonyl (C=O) groups excluding carboxylic acids is 6. The summed E-state index contributed by atoms with van der Waals surface area (Å²) < 4.78 is 5.81. The van der Waals surface area contributed by atoms with Gasteiger partial charge in [0.2, 0.25) is 17.8 Å². The number of halogens is 1. The van der Waals surface area contributed by atoms with Crippen LogP contribution in [0.5, 0.6) is 0 Å². The molecule has 2 aromatic heterocycles. The Morgan fingerprint density at radius 2 is 1.69 bits per heavy atom. The number of aromatic nitrogens is 3. The van der Waals surface area contributed by atoms with E-state index in [1.165, 1.54) is 21.9 Å². The van der Waals surface area contributed by atoms with E-state index in [0.29, 0.717) is 111 Å². The molecule has 0 radical (unpaired) electrons. The number of imide groups is 1. The molecule has 9 rings (SSSR count). The van der Waals surface area contributed by atoms with Crippen molar-refractivity contribution in [2.24, 2.45) is 5.73 Å². The van der Waals surface area contributed by atoms with Gasteiger partial charge in [-0.3, -0.25) is 24.5 Å². The number of piperidine rings is 1. The summed E-state index contributed by atoms with van der Waals surface area (Å²) in [6, 6.07) is 24.8. The molecule has 388 valence electrons. The van der Waals surface area contributed by atoms with Crippen LogP contribution in [0.15, 0.2) is 102 Å². The van der Waals surface area contributed by atoms with E-state index in [2.05, 4.69) is 53.0 Å². The SMILES string of the molecule is NC(=O)c1ccccc1Nc1nc(Nc2ccc(N3CCN(C(=O)NC4CCC(N(CCC#Cc5ccc6c(c5)CN(C5CCC(=O)NC5=O)C6=O)C(=O)OCCSSc5ccccn5)CC4)CC3)cc2)ncc1Cl. The summed E-state index contributed by atoms with van der Waals surface area (Å²) in [5.41, 5.74) is 10.1. The first-order valence-corrected chi connectivity index (χ1v) is 27.4. The number of hydrogen-bond acceptors (Lipinski definition) is 15. The van der Waals surface area contributed by atoms with Crippen molar-refractivity contribution in [3.8, 4) is 11.8 Å². The molecule has 3 aliphatic heterocycles. The molecule has 3 fully saturated rings. The monoisotopic (exact) mass is 1070 g/mol. The number of pyridine rings is 1. The minimum Gasteiger partial charge on any atom is -0.448 e. The first kappa shape index (κ1) is 52.3. The lowest BCUT2D eigenvalue weighted by Crippen LogP contribution is -2.54. The molecule has 0 spiro atoms. The molecule has 3 aromatic carbocycles. The number of benzene rings is 3. The minimum absolute atomic E-state index is 0.0375. The summed E-state index contributed by atoms with van der Waals surface area (Å²) in [5, 5.41) is 13.0. The molecule has 1 atom stereocenters. The van der Waals surface area contributed by atoms with Gasteiger partial charge < -0.3 is 46.0 Å². The van der Waals surface area contributed by atoms with Gasteiger partial charge in [-0.1, -0.05) is 52.4 Å². The topological polar surface area (TPSA) is 237 Å². The van der Waals surface area contributed by atoms with Crippen LogP contribution in [0, 0.1) is 11.8 Å². The predicted octanol–water partition coefficient (Wildman–Crippen LogP) is 7.34. The lowest BCUT2D eigenvalue weighted by molar-refractivity contribution is -0.136. The highest BCUT2D eigenvalue weighted by Gasteiger charge is 2.39. The first-order valence-electron chi connectivity index (χ1n) is 24.7. The number of nitrogens with zero attached hydrogens (tertiary/aromatic N) is 7. The van der Waals surface area contributed by atoms with Crippen molar-refractivity contribution in [1.82, 2.24) is 40.3 Å². The van der Waals surface area contributed by atoms with Crippen molar-refractivity contribution in [3.05, 3.63) is 125 Å². The van der Waals surface area contributed by atoms with E-state index in [1.807, 2.05) is 53.4 Å². The van der Waals surface area contributed by atoms with Crippen molar-refractivity contribution >= 4 is 97.8 Å². The highest BCUT2D eigenvalue weighted by Crippen LogP contribution is 2.32. The van der Waals surface area contributed by atoms with E-state index in [4.69, 9.17) is 22.1 Å². The van der Waals surface area contributed by atoms with Crippen molar-refractivity contribution < 1.29 is 33.5 Å². The van der Waals surface area contributed by atoms with Crippen LogP contribution in [0.1, 0.15) is 76.8 Å². The number of urea groups is 1. The summed E-state index contributed by atoms with van der Waals surface area (Å²) in [4.78, 5) is 97.2. The smallest absolute Gasteiger partial charge is 0.410 e. The average molecular weight is 1070 g/mol. The van der Waals surface area contributed by atoms with E-state index in [0.717, 1.165) is 22.0 Å². The predicted molar refractivity (Wildman–Crippen MR) is 288 cm³/mol. The average Bonchev–Trinajstić information content (AvgIpc) is 3.75. The summed E-state index contributed by atoms with van der Waals surface area (Å²) in [5.74, 6) is 5.99. The molecule has 5 aromatic rings. The van der Waals surface area contributed by atoms with Gasteiger partial charge in [0.25, 0.3) is 11.8 Å². The Morgan fingerprint density at radius 1 is 0.907 bits per heavy atom. The fourth-order valence-electron chi connectivity index (χ4n) is 9.46. The highest BCUT2D eigenvalue weighted by molar-refractivity contribution is 8.76. The molecule has 6 N–H and O–H groups in total. The number of para-hydroxylation sites is 1. The number of primary amides is 1. The van der Waals surface area contributed by atoms with Gasteiger partial charge >= 0.3 is 12.1 Å². The molecule has 0 bridgehead atoms. The van der Waals surface area contributed by atoms with E-state index in [9.17, 15) is 28.8 Å². The maximum absolute atomic E-state index is 13.7. The van der Waals surface area contributed by atoms with Gasteiger partial charge in [0, 0.05) is 98.6 Å². The number of amides is 7. The fourth-order valence-corrected chi connectivity index (χ4v) is 11.3. The quantitative estimate of drug-likeness (QED) is 0.0281. The maximum atomic E-state index is 13.7. The third kappa shape index (κ3) is 13.4. The first-order chi connectivity index (χ1) is 36.4. The number of rotatable bonds is 16. The number of fused-ring (bicyclic) bond motifs is 1. The molecule has 4 aliphatic rings. The van der Waals surface area contributed by atoms with Gasteiger partial charge in [-0.25, -0.2) is 19.6 Å². The lowest BCUT2D eigenvalue weighted by atomic mass is 9.90. The van der Waals surface area contributed by atoms with Crippen LogP contribution in [0.2, 0.25) is 5.02 Å². The minimum atomic E-state index is -0.695. The second-order valence-electron chi connectivity index (χ2n) is 18.2. The van der Waals surface area contributed by atoms with Gasteiger partial charge in [-0.2, -0.15) is 4.98 Å². The van der Waals surface area contributed by atoms with Crippen molar-refractivity contribution in [2.45, 2.75) is 74.6 Å². The van der Waals surface area contributed by atoms with Gasteiger partial charge in [0.15, 0.2) is 5.82 Å². The normalized spacial score (nSPS) is 18.3. The molecule has 1 saturated carbocycles.